The van der Waals surface area contributed by atoms with Gasteiger partial charge in [0.15, 0.2) is 0 Å². The minimum atomic E-state index is -0.173. The number of aliphatic hydroxyl groups is 1. The molecule has 2 aromatic carbocycles. The second kappa shape index (κ2) is 7.25. The number of halogens is 1. The van der Waals surface area contributed by atoms with Crippen LogP contribution in [-0.2, 0) is 11.4 Å². The smallest absolute Gasteiger partial charge is 0.251 e. The highest BCUT2D eigenvalue weighted by atomic mass is 35.5. The molecule has 0 atom stereocenters. The van der Waals surface area contributed by atoms with Crippen LogP contribution in [-0.4, -0.2) is 11.0 Å². The number of hydrogen-bond donors (Lipinski definition) is 2. The highest BCUT2D eigenvalue weighted by molar-refractivity contribution is 6.30. The summed E-state index contributed by atoms with van der Waals surface area (Å²) in [6.07, 6.45) is 1.80. The maximum absolute atomic E-state index is 12.3. The monoisotopic (exact) mass is 315 g/mol. The molecule has 3 nitrogen and oxygen atoms in total. The Morgan fingerprint density at radius 2 is 1.91 bits per heavy atom. The largest absolute Gasteiger partial charge is 0.392 e. The van der Waals surface area contributed by atoms with Gasteiger partial charge in [-0.05, 0) is 54.8 Å². The van der Waals surface area contributed by atoms with E-state index in [2.05, 4.69) is 5.32 Å². The number of amides is 1. The number of carbonyl (C=O) groups excluding carboxylic acids is 1. The number of benzene rings is 2. The summed E-state index contributed by atoms with van der Waals surface area (Å²) in [4.78, 5) is 12.3. The van der Waals surface area contributed by atoms with Crippen LogP contribution in [0, 0.1) is 6.92 Å². The highest BCUT2D eigenvalue weighted by Gasteiger charge is 2.08. The summed E-state index contributed by atoms with van der Waals surface area (Å²) >= 11 is 5.84. The van der Waals surface area contributed by atoms with Crippen LogP contribution in [0.1, 0.15) is 23.6 Å². The molecule has 0 aliphatic carbocycles. The Labute approximate surface area is 135 Å². The Morgan fingerprint density at radius 3 is 2.55 bits per heavy atom. The zero-order valence-corrected chi connectivity index (χ0v) is 13.3. The van der Waals surface area contributed by atoms with Gasteiger partial charge in [0, 0.05) is 16.3 Å². The van der Waals surface area contributed by atoms with Gasteiger partial charge < -0.3 is 10.4 Å². The second-order valence-electron chi connectivity index (χ2n) is 5.14. The van der Waals surface area contributed by atoms with Crippen LogP contribution in [0.2, 0.25) is 5.02 Å². The molecule has 0 saturated heterocycles. The minimum absolute atomic E-state index is 0.0528. The first kappa shape index (κ1) is 16.3. The van der Waals surface area contributed by atoms with Gasteiger partial charge in [0.2, 0.25) is 0 Å². The summed E-state index contributed by atoms with van der Waals surface area (Å²) < 4.78 is 0. The van der Waals surface area contributed by atoms with E-state index in [1.165, 1.54) is 0 Å². The van der Waals surface area contributed by atoms with E-state index in [9.17, 15) is 9.90 Å². The second-order valence-corrected chi connectivity index (χ2v) is 5.58. The van der Waals surface area contributed by atoms with E-state index >= 15 is 0 Å². The van der Waals surface area contributed by atoms with Crippen LogP contribution >= 0.6 is 11.6 Å². The summed E-state index contributed by atoms with van der Waals surface area (Å²) in [6, 6.07) is 12.8. The molecule has 0 radical (unpaired) electrons. The molecule has 0 heterocycles. The van der Waals surface area contributed by atoms with Crippen LogP contribution in [0.25, 0.3) is 6.08 Å². The van der Waals surface area contributed by atoms with Crippen molar-refractivity contribution in [3.8, 4) is 0 Å². The number of aliphatic hydroxyl groups excluding tert-OH is 1. The van der Waals surface area contributed by atoms with E-state index in [4.69, 9.17) is 11.6 Å². The Balaban J connectivity index is 2.16. The molecule has 0 saturated carbocycles. The molecule has 0 aliphatic rings. The van der Waals surface area contributed by atoms with Crippen molar-refractivity contribution in [2.24, 2.45) is 0 Å². The zero-order chi connectivity index (χ0) is 16.1. The Bertz CT molecular complexity index is 706. The number of aryl methyl sites for hydroxylation is 1. The maximum atomic E-state index is 12.3. The van der Waals surface area contributed by atoms with Crippen molar-refractivity contribution in [2.45, 2.75) is 20.5 Å². The van der Waals surface area contributed by atoms with Crippen LogP contribution < -0.4 is 5.32 Å². The molecule has 2 aromatic rings. The lowest BCUT2D eigenvalue weighted by atomic mass is 10.1. The standard InChI is InChI=1S/C18H18ClNO2/c1-12-3-4-15(11-21)10-17(12)20-18(22)13(2)9-14-5-7-16(19)8-6-14/h3-10,21H,11H2,1-2H3,(H,20,22)/b13-9-. The van der Waals surface area contributed by atoms with Gasteiger partial charge >= 0.3 is 0 Å². The summed E-state index contributed by atoms with van der Waals surface area (Å²) in [7, 11) is 0. The summed E-state index contributed by atoms with van der Waals surface area (Å²) in [5.74, 6) is -0.173. The molecule has 0 bridgehead atoms. The fraction of sp³-hybridized carbons (Fsp3) is 0.167. The number of anilines is 1. The third-order valence-electron chi connectivity index (χ3n) is 3.34. The Kier molecular flexibility index (Phi) is 5.36. The van der Waals surface area contributed by atoms with Crippen LogP contribution in [0.3, 0.4) is 0 Å². The lowest BCUT2D eigenvalue weighted by Crippen LogP contribution is -2.13. The van der Waals surface area contributed by atoms with E-state index in [1.807, 2.05) is 31.2 Å². The van der Waals surface area contributed by atoms with Crippen molar-refractivity contribution in [3.63, 3.8) is 0 Å². The first-order valence-electron chi connectivity index (χ1n) is 6.95. The topological polar surface area (TPSA) is 49.3 Å². The molecule has 22 heavy (non-hydrogen) atoms. The Morgan fingerprint density at radius 1 is 1.23 bits per heavy atom. The normalized spacial score (nSPS) is 11.4. The predicted molar refractivity (Wildman–Crippen MR) is 90.8 cm³/mol. The average Bonchev–Trinajstić information content (AvgIpc) is 2.51. The van der Waals surface area contributed by atoms with Crippen molar-refractivity contribution >= 4 is 29.3 Å². The van der Waals surface area contributed by atoms with Gasteiger partial charge in [-0.1, -0.05) is 35.9 Å². The first-order valence-corrected chi connectivity index (χ1v) is 7.33. The van der Waals surface area contributed by atoms with Crippen molar-refractivity contribution in [1.82, 2.24) is 0 Å². The fourth-order valence-corrected chi connectivity index (χ4v) is 2.12. The Hall–Kier alpha value is -2.10. The maximum Gasteiger partial charge on any atom is 0.251 e. The van der Waals surface area contributed by atoms with Crippen molar-refractivity contribution in [2.75, 3.05) is 5.32 Å². The van der Waals surface area contributed by atoms with Crippen molar-refractivity contribution < 1.29 is 9.90 Å². The van der Waals surface area contributed by atoms with Crippen LogP contribution in [0.5, 0.6) is 0 Å². The molecule has 0 unspecified atom stereocenters. The molecule has 0 spiro atoms. The van der Waals surface area contributed by atoms with Gasteiger partial charge in [-0.25, -0.2) is 0 Å². The van der Waals surface area contributed by atoms with Crippen molar-refractivity contribution in [3.05, 3.63) is 69.8 Å². The summed E-state index contributed by atoms with van der Waals surface area (Å²) in [6.45, 7) is 3.62. The lowest BCUT2D eigenvalue weighted by Gasteiger charge is -2.10. The van der Waals surface area contributed by atoms with Crippen molar-refractivity contribution in [1.29, 1.82) is 0 Å². The third-order valence-corrected chi connectivity index (χ3v) is 3.60. The van der Waals surface area contributed by atoms with E-state index in [0.29, 0.717) is 16.3 Å². The quantitative estimate of drug-likeness (QED) is 0.831. The van der Waals surface area contributed by atoms with Gasteiger partial charge in [-0.3, -0.25) is 4.79 Å². The SMILES string of the molecule is C/C(=C/c1ccc(Cl)cc1)C(=O)Nc1cc(CO)ccc1C. The predicted octanol–water partition coefficient (Wildman–Crippen LogP) is 4.18. The van der Waals surface area contributed by atoms with E-state index < -0.39 is 0 Å². The minimum Gasteiger partial charge on any atom is -0.392 e. The molecule has 2 rings (SSSR count). The molecule has 0 aromatic heterocycles. The lowest BCUT2D eigenvalue weighted by molar-refractivity contribution is -0.112. The number of carbonyl (C=O) groups is 1. The van der Waals surface area contributed by atoms with Gasteiger partial charge in [0.1, 0.15) is 0 Å². The number of nitrogens with one attached hydrogen (secondary N) is 1. The first-order chi connectivity index (χ1) is 10.5. The molecule has 114 valence electrons. The van der Waals surface area contributed by atoms with E-state index in [0.717, 1.165) is 16.7 Å². The van der Waals surface area contributed by atoms with E-state index in [-0.39, 0.29) is 12.5 Å². The third kappa shape index (κ3) is 4.20. The molecule has 4 heteroatoms. The molecular formula is C18H18ClNO2. The van der Waals surface area contributed by atoms with E-state index in [1.54, 1.807) is 31.2 Å². The van der Waals surface area contributed by atoms with Crippen LogP contribution in [0.4, 0.5) is 5.69 Å². The zero-order valence-electron chi connectivity index (χ0n) is 12.6. The molecule has 2 N–H and O–H groups in total. The van der Waals surface area contributed by atoms with Gasteiger partial charge in [-0.15, -0.1) is 0 Å². The molecule has 0 aliphatic heterocycles. The number of rotatable bonds is 4. The fourth-order valence-electron chi connectivity index (χ4n) is 2.00. The van der Waals surface area contributed by atoms with Gasteiger partial charge in [0.25, 0.3) is 5.91 Å². The number of hydrogen-bond acceptors (Lipinski definition) is 2. The van der Waals surface area contributed by atoms with Gasteiger partial charge in [-0.2, -0.15) is 0 Å². The molecule has 0 fully saturated rings. The molecule has 1 amide bonds. The average molecular weight is 316 g/mol. The highest BCUT2D eigenvalue weighted by Crippen LogP contribution is 2.19. The summed E-state index contributed by atoms with van der Waals surface area (Å²) in [5.41, 5.74) is 3.93. The summed E-state index contributed by atoms with van der Waals surface area (Å²) in [5, 5.41) is 12.7. The molecular weight excluding hydrogens is 298 g/mol. The van der Waals surface area contributed by atoms with Crippen LogP contribution in [0.15, 0.2) is 48.0 Å². The van der Waals surface area contributed by atoms with Gasteiger partial charge in [0.05, 0.1) is 6.61 Å².